The summed E-state index contributed by atoms with van der Waals surface area (Å²) in [5.74, 6) is 0. The molecule has 14 heavy (non-hydrogen) atoms. The molecule has 0 spiro atoms. The van der Waals surface area contributed by atoms with Crippen molar-refractivity contribution in [2.45, 2.75) is 32.7 Å². The summed E-state index contributed by atoms with van der Waals surface area (Å²) in [6, 6.07) is 2.37. The Bertz CT molecular complexity index is 276. The zero-order valence-electron chi connectivity index (χ0n) is 8.83. The van der Waals surface area contributed by atoms with Gasteiger partial charge in [-0.05, 0) is 38.3 Å². The summed E-state index contributed by atoms with van der Waals surface area (Å²) in [6.45, 7) is 4.42. The molecule has 0 saturated heterocycles. The predicted molar refractivity (Wildman–Crippen MR) is 58.4 cm³/mol. The van der Waals surface area contributed by atoms with E-state index in [2.05, 4.69) is 17.2 Å². The number of aromatic nitrogens is 1. The van der Waals surface area contributed by atoms with Crippen LogP contribution in [0.1, 0.15) is 25.3 Å². The van der Waals surface area contributed by atoms with Crippen molar-refractivity contribution in [3.05, 3.63) is 24.0 Å². The minimum Gasteiger partial charge on any atom is -0.396 e. The second kappa shape index (κ2) is 5.60. The molecule has 0 saturated carbocycles. The number of nitrogens with one attached hydrogen (secondary N) is 1. The third kappa shape index (κ3) is 3.34. The van der Waals surface area contributed by atoms with Crippen molar-refractivity contribution in [2.75, 3.05) is 11.9 Å². The number of hydrogen-bond acceptors (Lipinski definition) is 3. The molecule has 0 fully saturated rings. The van der Waals surface area contributed by atoms with Crippen LogP contribution in [-0.2, 0) is 0 Å². The van der Waals surface area contributed by atoms with Crippen LogP contribution in [0.4, 0.5) is 5.69 Å². The Morgan fingerprint density at radius 1 is 1.57 bits per heavy atom. The Hall–Kier alpha value is -1.09. The first kappa shape index (κ1) is 11.0. The summed E-state index contributed by atoms with van der Waals surface area (Å²) in [5.41, 5.74) is 2.29. The van der Waals surface area contributed by atoms with Crippen LogP contribution in [-0.4, -0.2) is 22.7 Å². The van der Waals surface area contributed by atoms with Crippen molar-refractivity contribution in [1.29, 1.82) is 0 Å². The van der Waals surface area contributed by atoms with Gasteiger partial charge in [-0.2, -0.15) is 0 Å². The monoisotopic (exact) mass is 194 g/mol. The zero-order valence-corrected chi connectivity index (χ0v) is 8.83. The molecular weight excluding hydrogens is 176 g/mol. The number of aliphatic hydroxyl groups is 1. The standard InChI is InChI=1S/C11H18N2O/c1-9-8-12-6-5-11(9)13-10(2)4-3-7-14/h5-6,8,10,14H,3-4,7H2,1-2H3,(H,12,13). The van der Waals surface area contributed by atoms with Crippen LogP contribution in [0, 0.1) is 6.92 Å². The molecule has 1 aromatic rings. The van der Waals surface area contributed by atoms with Crippen LogP contribution in [0.15, 0.2) is 18.5 Å². The summed E-state index contributed by atoms with van der Waals surface area (Å²) in [5, 5.41) is 12.1. The Morgan fingerprint density at radius 3 is 3.00 bits per heavy atom. The maximum atomic E-state index is 8.70. The number of nitrogens with zero attached hydrogens (tertiary/aromatic N) is 1. The minimum absolute atomic E-state index is 0.265. The molecule has 0 bridgehead atoms. The van der Waals surface area contributed by atoms with Gasteiger partial charge in [-0.3, -0.25) is 4.98 Å². The fourth-order valence-electron chi connectivity index (χ4n) is 1.37. The number of anilines is 1. The molecule has 1 rings (SSSR count). The number of hydrogen-bond donors (Lipinski definition) is 2. The maximum absolute atomic E-state index is 8.70. The van der Waals surface area contributed by atoms with Gasteiger partial charge in [-0.1, -0.05) is 0 Å². The van der Waals surface area contributed by atoms with E-state index in [1.54, 1.807) is 6.20 Å². The maximum Gasteiger partial charge on any atom is 0.0431 e. The number of aryl methyl sites for hydroxylation is 1. The molecule has 3 heteroatoms. The lowest BCUT2D eigenvalue weighted by atomic mass is 10.1. The summed E-state index contributed by atoms with van der Waals surface area (Å²) >= 11 is 0. The molecule has 78 valence electrons. The SMILES string of the molecule is Cc1cnccc1NC(C)CCCO. The average Bonchev–Trinajstić information content (AvgIpc) is 2.18. The van der Waals surface area contributed by atoms with Gasteiger partial charge in [-0.25, -0.2) is 0 Å². The van der Waals surface area contributed by atoms with E-state index in [0.717, 1.165) is 24.1 Å². The van der Waals surface area contributed by atoms with Crippen molar-refractivity contribution >= 4 is 5.69 Å². The van der Waals surface area contributed by atoms with E-state index < -0.39 is 0 Å². The van der Waals surface area contributed by atoms with Crippen LogP contribution in [0.25, 0.3) is 0 Å². The molecular formula is C11H18N2O. The molecule has 1 heterocycles. The summed E-state index contributed by atoms with van der Waals surface area (Å²) < 4.78 is 0. The lowest BCUT2D eigenvalue weighted by Gasteiger charge is -2.15. The predicted octanol–water partition coefficient (Wildman–Crippen LogP) is 1.96. The highest BCUT2D eigenvalue weighted by atomic mass is 16.2. The highest BCUT2D eigenvalue weighted by Crippen LogP contribution is 2.14. The summed E-state index contributed by atoms with van der Waals surface area (Å²) in [6.07, 6.45) is 5.46. The van der Waals surface area contributed by atoms with Crippen molar-refractivity contribution in [1.82, 2.24) is 4.98 Å². The molecule has 2 N–H and O–H groups in total. The highest BCUT2D eigenvalue weighted by Gasteiger charge is 2.02. The Morgan fingerprint density at radius 2 is 2.36 bits per heavy atom. The van der Waals surface area contributed by atoms with Gasteiger partial charge in [-0.15, -0.1) is 0 Å². The topological polar surface area (TPSA) is 45.2 Å². The Balaban J connectivity index is 2.47. The molecule has 0 radical (unpaired) electrons. The summed E-state index contributed by atoms with van der Waals surface area (Å²) in [7, 11) is 0. The smallest absolute Gasteiger partial charge is 0.0431 e. The second-order valence-corrected chi connectivity index (χ2v) is 3.60. The van der Waals surface area contributed by atoms with E-state index >= 15 is 0 Å². The second-order valence-electron chi connectivity index (χ2n) is 3.60. The molecule has 0 aliphatic heterocycles. The van der Waals surface area contributed by atoms with E-state index in [9.17, 15) is 0 Å². The molecule has 0 aromatic carbocycles. The van der Waals surface area contributed by atoms with E-state index in [4.69, 9.17) is 5.11 Å². The Kier molecular flexibility index (Phi) is 4.40. The number of pyridine rings is 1. The first-order valence-electron chi connectivity index (χ1n) is 5.02. The van der Waals surface area contributed by atoms with Crippen LogP contribution in [0.2, 0.25) is 0 Å². The van der Waals surface area contributed by atoms with Crippen molar-refractivity contribution in [2.24, 2.45) is 0 Å². The highest BCUT2D eigenvalue weighted by molar-refractivity contribution is 5.49. The minimum atomic E-state index is 0.265. The van der Waals surface area contributed by atoms with Crippen molar-refractivity contribution in [3.63, 3.8) is 0 Å². The lowest BCUT2D eigenvalue weighted by molar-refractivity contribution is 0.282. The van der Waals surface area contributed by atoms with Crippen molar-refractivity contribution in [3.8, 4) is 0 Å². The third-order valence-corrected chi connectivity index (χ3v) is 2.22. The van der Waals surface area contributed by atoms with Crippen LogP contribution in [0.3, 0.4) is 0 Å². The zero-order chi connectivity index (χ0) is 10.4. The van der Waals surface area contributed by atoms with Gasteiger partial charge < -0.3 is 10.4 Å². The molecule has 0 aliphatic carbocycles. The average molecular weight is 194 g/mol. The van der Waals surface area contributed by atoms with Crippen molar-refractivity contribution < 1.29 is 5.11 Å². The molecule has 3 nitrogen and oxygen atoms in total. The fourth-order valence-corrected chi connectivity index (χ4v) is 1.37. The first-order valence-corrected chi connectivity index (χ1v) is 5.02. The van der Waals surface area contributed by atoms with Crippen LogP contribution < -0.4 is 5.32 Å². The number of rotatable bonds is 5. The molecule has 1 unspecified atom stereocenters. The quantitative estimate of drug-likeness (QED) is 0.753. The first-order chi connectivity index (χ1) is 6.74. The third-order valence-electron chi connectivity index (χ3n) is 2.22. The van der Waals surface area contributed by atoms with E-state index in [1.807, 2.05) is 19.2 Å². The van der Waals surface area contributed by atoms with E-state index in [0.29, 0.717) is 6.04 Å². The number of aliphatic hydroxyl groups excluding tert-OH is 1. The van der Waals surface area contributed by atoms with Gasteiger partial charge in [0.25, 0.3) is 0 Å². The largest absolute Gasteiger partial charge is 0.396 e. The molecule has 1 aromatic heterocycles. The van der Waals surface area contributed by atoms with E-state index in [-0.39, 0.29) is 6.61 Å². The van der Waals surface area contributed by atoms with Gasteiger partial charge in [0.1, 0.15) is 0 Å². The fraction of sp³-hybridized carbons (Fsp3) is 0.545. The summed E-state index contributed by atoms with van der Waals surface area (Å²) in [4.78, 5) is 4.03. The molecule has 0 aliphatic rings. The molecule has 1 atom stereocenters. The normalized spacial score (nSPS) is 12.5. The van der Waals surface area contributed by atoms with Gasteiger partial charge >= 0.3 is 0 Å². The van der Waals surface area contributed by atoms with Gasteiger partial charge in [0.2, 0.25) is 0 Å². The van der Waals surface area contributed by atoms with Crippen LogP contribution in [0.5, 0.6) is 0 Å². The van der Waals surface area contributed by atoms with Gasteiger partial charge in [0, 0.05) is 30.7 Å². The van der Waals surface area contributed by atoms with Crippen LogP contribution >= 0.6 is 0 Å². The van der Waals surface area contributed by atoms with Gasteiger partial charge in [0.15, 0.2) is 0 Å². The lowest BCUT2D eigenvalue weighted by Crippen LogP contribution is -2.16. The molecule has 0 amide bonds. The van der Waals surface area contributed by atoms with E-state index in [1.165, 1.54) is 0 Å². The van der Waals surface area contributed by atoms with Gasteiger partial charge in [0.05, 0.1) is 0 Å². The Labute approximate surface area is 85.2 Å².